The normalized spacial score (nSPS) is 23.8. The standard InChI is InChI=1S/C21H36O3Si/c1-16-13-23-20(16)17(2)19(24-25(6,7)21(3,4)5)15-22-14-18-11-9-8-10-12-18/h8-12,16-17,19-20H,13-15H2,1-7H3/t16-,17+,19-,20-/m1/s1. The van der Waals surface area contributed by atoms with Crippen molar-refractivity contribution in [1.82, 2.24) is 0 Å². The van der Waals surface area contributed by atoms with Gasteiger partial charge in [0, 0.05) is 11.8 Å². The Bertz CT molecular complexity index is 524. The van der Waals surface area contributed by atoms with Crippen molar-refractivity contribution in [3.63, 3.8) is 0 Å². The Hall–Kier alpha value is -0.683. The van der Waals surface area contributed by atoms with E-state index in [9.17, 15) is 0 Å². The minimum atomic E-state index is -1.85. The van der Waals surface area contributed by atoms with E-state index in [1.165, 1.54) is 5.56 Å². The lowest BCUT2D eigenvalue weighted by atomic mass is 9.86. The minimum Gasteiger partial charge on any atom is -0.411 e. The summed E-state index contributed by atoms with van der Waals surface area (Å²) >= 11 is 0. The molecule has 2 rings (SSSR count). The summed E-state index contributed by atoms with van der Waals surface area (Å²) in [5.41, 5.74) is 1.20. The number of hydrogen-bond donors (Lipinski definition) is 0. The van der Waals surface area contributed by atoms with Gasteiger partial charge in [-0.3, -0.25) is 0 Å². The predicted molar refractivity (Wildman–Crippen MR) is 106 cm³/mol. The molecule has 0 bridgehead atoms. The molecule has 0 spiro atoms. The molecule has 0 unspecified atom stereocenters. The van der Waals surface area contributed by atoms with Crippen LogP contribution in [0.5, 0.6) is 0 Å². The largest absolute Gasteiger partial charge is 0.411 e. The van der Waals surface area contributed by atoms with Gasteiger partial charge in [0.2, 0.25) is 0 Å². The summed E-state index contributed by atoms with van der Waals surface area (Å²) in [5.74, 6) is 0.947. The number of rotatable bonds is 8. The molecule has 0 aliphatic carbocycles. The molecule has 4 atom stereocenters. The molecule has 4 heteroatoms. The van der Waals surface area contributed by atoms with Gasteiger partial charge in [-0.2, -0.15) is 0 Å². The van der Waals surface area contributed by atoms with E-state index in [0.717, 1.165) is 6.61 Å². The molecule has 0 radical (unpaired) electrons. The van der Waals surface area contributed by atoms with Gasteiger partial charge in [-0.15, -0.1) is 0 Å². The lowest BCUT2D eigenvalue weighted by molar-refractivity contribution is -0.158. The summed E-state index contributed by atoms with van der Waals surface area (Å²) in [5, 5.41) is 0.191. The zero-order valence-electron chi connectivity index (χ0n) is 17.0. The van der Waals surface area contributed by atoms with E-state index in [0.29, 0.717) is 25.0 Å². The highest BCUT2D eigenvalue weighted by atomic mass is 28.4. The second-order valence-electron chi connectivity index (χ2n) is 9.05. The second kappa shape index (κ2) is 8.34. The van der Waals surface area contributed by atoms with E-state index in [4.69, 9.17) is 13.9 Å². The first-order chi connectivity index (χ1) is 11.6. The van der Waals surface area contributed by atoms with Crippen LogP contribution in [0.1, 0.15) is 40.2 Å². The first-order valence-electron chi connectivity index (χ1n) is 9.53. The third-order valence-corrected chi connectivity index (χ3v) is 10.4. The highest BCUT2D eigenvalue weighted by molar-refractivity contribution is 6.74. The van der Waals surface area contributed by atoms with Crippen LogP contribution in [0.15, 0.2) is 30.3 Å². The first-order valence-corrected chi connectivity index (χ1v) is 12.4. The van der Waals surface area contributed by atoms with Crippen LogP contribution in [0, 0.1) is 11.8 Å². The van der Waals surface area contributed by atoms with E-state index in [1.807, 2.05) is 6.07 Å². The zero-order chi connectivity index (χ0) is 18.7. The summed E-state index contributed by atoms with van der Waals surface area (Å²) < 4.78 is 18.6. The highest BCUT2D eigenvalue weighted by Gasteiger charge is 2.43. The summed E-state index contributed by atoms with van der Waals surface area (Å²) in [6, 6.07) is 10.3. The monoisotopic (exact) mass is 364 g/mol. The molecular weight excluding hydrogens is 328 g/mol. The lowest BCUT2D eigenvalue weighted by Gasteiger charge is -2.45. The Morgan fingerprint density at radius 3 is 2.32 bits per heavy atom. The maximum Gasteiger partial charge on any atom is 0.192 e. The first kappa shape index (κ1) is 20.6. The Balaban J connectivity index is 2.01. The fourth-order valence-electron chi connectivity index (χ4n) is 3.00. The Kier molecular flexibility index (Phi) is 6.88. The van der Waals surface area contributed by atoms with Gasteiger partial charge in [-0.25, -0.2) is 0 Å². The Labute approximate surface area is 155 Å². The third-order valence-electron chi connectivity index (χ3n) is 5.86. The fraction of sp³-hybridized carbons (Fsp3) is 0.714. The summed E-state index contributed by atoms with van der Waals surface area (Å²) in [6.45, 7) is 18.1. The van der Waals surface area contributed by atoms with E-state index < -0.39 is 8.32 Å². The van der Waals surface area contributed by atoms with Crippen LogP contribution >= 0.6 is 0 Å². The van der Waals surface area contributed by atoms with Gasteiger partial charge in [-0.1, -0.05) is 65.0 Å². The number of hydrogen-bond acceptors (Lipinski definition) is 3. The quantitative estimate of drug-likeness (QED) is 0.589. The fourth-order valence-corrected chi connectivity index (χ4v) is 4.39. The van der Waals surface area contributed by atoms with Gasteiger partial charge in [0.1, 0.15) is 0 Å². The van der Waals surface area contributed by atoms with Crippen LogP contribution in [0.2, 0.25) is 18.1 Å². The minimum absolute atomic E-state index is 0.0809. The van der Waals surface area contributed by atoms with Crippen LogP contribution < -0.4 is 0 Å². The summed E-state index contributed by atoms with van der Waals surface area (Å²) in [7, 11) is -1.85. The van der Waals surface area contributed by atoms with Gasteiger partial charge < -0.3 is 13.9 Å². The van der Waals surface area contributed by atoms with E-state index in [2.05, 4.69) is 72.0 Å². The molecule has 0 saturated carbocycles. The highest BCUT2D eigenvalue weighted by Crippen LogP contribution is 2.39. The van der Waals surface area contributed by atoms with Crippen molar-refractivity contribution < 1.29 is 13.9 Å². The predicted octanol–water partition coefficient (Wildman–Crippen LogP) is 5.26. The van der Waals surface area contributed by atoms with Crippen molar-refractivity contribution in [1.29, 1.82) is 0 Å². The van der Waals surface area contributed by atoms with Crippen molar-refractivity contribution in [3.05, 3.63) is 35.9 Å². The van der Waals surface area contributed by atoms with Gasteiger partial charge in [-0.05, 0) is 23.7 Å². The van der Waals surface area contributed by atoms with Crippen molar-refractivity contribution >= 4 is 8.32 Å². The molecule has 25 heavy (non-hydrogen) atoms. The molecule has 1 aromatic rings. The van der Waals surface area contributed by atoms with Crippen molar-refractivity contribution in [2.45, 2.75) is 71.6 Å². The molecule has 1 aliphatic rings. The lowest BCUT2D eigenvalue weighted by Crippen LogP contribution is -2.52. The average molecular weight is 365 g/mol. The van der Waals surface area contributed by atoms with E-state index >= 15 is 0 Å². The molecule has 1 heterocycles. The van der Waals surface area contributed by atoms with E-state index in [-0.39, 0.29) is 17.2 Å². The van der Waals surface area contributed by atoms with Gasteiger partial charge in [0.05, 0.1) is 32.0 Å². The number of ether oxygens (including phenoxy) is 2. The number of benzene rings is 1. The molecule has 0 aromatic heterocycles. The van der Waals surface area contributed by atoms with Gasteiger partial charge in [0.25, 0.3) is 0 Å². The second-order valence-corrected chi connectivity index (χ2v) is 13.8. The molecule has 1 fully saturated rings. The molecular formula is C21H36O3Si. The van der Waals surface area contributed by atoms with Crippen LogP contribution in [-0.4, -0.2) is 33.7 Å². The van der Waals surface area contributed by atoms with Crippen LogP contribution in [-0.2, 0) is 20.5 Å². The topological polar surface area (TPSA) is 27.7 Å². The zero-order valence-corrected chi connectivity index (χ0v) is 18.0. The van der Waals surface area contributed by atoms with Crippen LogP contribution in [0.3, 0.4) is 0 Å². The summed E-state index contributed by atoms with van der Waals surface area (Å²) in [6.07, 6.45) is 0.368. The third kappa shape index (κ3) is 5.39. The molecule has 1 aromatic carbocycles. The molecule has 1 saturated heterocycles. The summed E-state index contributed by atoms with van der Waals surface area (Å²) in [4.78, 5) is 0. The van der Waals surface area contributed by atoms with Crippen molar-refractivity contribution in [3.8, 4) is 0 Å². The molecule has 0 amide bonds. The van der Waals surface area contributed by atoms with Gasteiger partial charge in [0.15, 0.2) is 8.32 Å². The molecule has 142 valence electrons. The molecule has 1 aliphatic heterocycles. The smallest absolute Gasteiger partial charge is 0.192 e. The molecule has 0 N–H and O–H groups in total. The Morgan fingerprint density at radius 1 is 1.20 bits per heavy atom. The van der Waals surface area contributed by atoms with Crippen molar-refractivity contribution in [2.75, 3.05) is 13.2 Å². The van der Waals surface area contributed by atoms with Gasteiger partial charge >= 0.3 is 0 Å². The maximum atomic E-state index is 6.74. The molecule has 3 nitrogen and oxygen atoms in total. The Morgan fingerprint density at radius 2 is 1.84 bits per heavy atom. The average Bonchev–Trinajstić information content (AvgIpc) is 2.52. The maximum absolute atomic E-state index is 6.74. The van der Waals surface area contributed by atoms with E-state index in [1.54, 1.807) is 0 Å². The van der Waals surface area contributed by atoms with Crippen LogP contribution in [0.4, 0.5) is 0 Å². The SMILES string of the molecule is C[C@H]([C@@H]1OC[C@H]1C)[C@@H](COCc1ccccc1)O[Si](C)(C)C(C)(C)C. The van der Waals surface area contributed by atoms with Crippen LogP contribution in [0.25, 0.3) is 0 Å². The van der Waals surface area contributed by atoms with Crippen molar-refractivity contribution in [2.24, 2.45) is 11.8 Å².